The van der Waals surface area contributed by atoms with E-state index in [1.807, 2.05) is 12.1 Å². The summed E-state index contributed by atoms with van der Waals surface area (Å²) >= 11 is 0. The quantitative estimate of drug-likeness (QED) is 0.146. The fourth-order valence-corrected chi connectivity index (χ4v) is 8.63. The molecule has 1 aliphatic rings. The molecule has 0 amide bonds. The van der Waals surface area contributed by atoms with E-state index in [-0.39, 0.29) is 5.41 Å². The molecule has 1 unspecified atom stereocenters. The van der Waals surface area contributed by atoms with E-state index < -0.39 is 0 Å². The lowest BCUT2D eigenvalue weighted by molar-refractivity contribution is 0.600. The Morgan fingerprint density at radius 1 is 0.475 bits per heavy atom. The summed E-state index contributed by atoms with van der Waals surface area (Å²) in [5.41, 5.74) is 15.6. The van der Waals surface area contributed by atoms with E-state index in [4.69, 9.17) is 4.42 Å². The van der Waals surface area contributed by atoms with Gasteiger partial charge >= 0.3 is 0 Å². The zero-order valence-corrected chi connectivity index (χ0v) is 33.3. The van der Waals surface area contributed by atoms with E-state index >= 15 is 0 Å². The van der Waals surface area contributed by atoms with Crippen molar-refractivity contribution in [2.75, 3.05) is 16.8 Å². The van der Waals surface area contributed by atoms with Gasteiger partial charge in [-0.25, -0.2) is 0 Å². The lowest BCUT2D eigenvalue weighted by Crippen LogP contribution is -2.24. The van der Waals surface area contributed by atoms with E-state index in [0.717, 1.165) is 62.2 Å². The van der Waals surface area contributed by atoms with Gasteiger partial charge in [0.05, 0.1) is 0 Å². The maximum Gasteiger partial charge on any atom is 0.143 e. The zero-order chi connectivity index (χ0) is 39.8. The molecule has 0 fully saturated rings. The molecule has 3 nitrogen and oxygen atoms in total. The van der Waals surface area contributed by atoms with Crippen molar-refractivity contribution in [1.29, 1.82) is 0 Å². The molecule has 1 heterocycles. The molecule has 0 saturated carbocycles. The van der Waals surface area contributed by atoms with Crippen LogP contribution in [-0.2, 0) is 5.41 Å². The monoisotopic (exact) mass is 760 g/mol. The normalized spacial score (nSPS) is 14.8. The van der Waals surface area contributed by atoms with E-state index in [9.17, 15) is 0 Å². The molecule has 3 heteroatoms. The third-order valence-electron chi connectivity index (χ3n) is 11.9. The molecule has 0 saturated heterocycles. The number of hydrogen-bond acceptors (Lipinski definition) is 3. The first-order chi connectivity index (χ1) is 29.0. The predicted molar refractivity (Wildman–Crippen MR) is 249 cm³/mol. The number of allylic oxidation sites excluding steroid dienone is 4. The summed E-state index contributed by atoms with van der Waals surface area (Å²) < 4.78 is 6.38. The van der Waals surface area contributed by atoms with Crippen molar-refractivity contribution in [1.82, 2.24) is 0 Å². The van der Waals surface area contributed by atoms with Gasteiger partial charge in [0.1, 0.15) is 11.2 Å². The van der Waals surface area contributed by atoms with Crippen LogP contribution in [0.1, 0.15) is 18.9 Å². The minimum atomic E-state index is -0.165. The highest BCUT2D eigenvalue weighted by molar-refractivity contribution is 6.09. The molecule has 0 spiro atoms. The van der Waals surface area contributed by atoms with Crippen LogP contribution in [0.15, 0.2) is 223 Å². The van der Waals surface area contributed by atoms with Crippen molar-refractivity contribution in [3.05, 3.63) is 224 Å². The molecule has 8 aromatic carbocycles. The topological polar surface area (TPSA) is 19.6 Å². The Morgan fingerprint density at radius 3 is 1.73 bits per heavy atom. The molecule has 284 valence electrons. The number of rotatable bonds is 9. The highest BCUT2D eigenvalue weighted by Crippen LogP contribution is 2.44. The van der Waals surface area contributed by atoms with Gasteiger partial charge in [0.25, 0.3) is 0 Å². The molecule has 0 aliphatic heterocycles. The maximum absolute atomic E-state index is 6.38. The largest absolute Gasteiger partial charge is 0.455 e. The summed E-state index contributed by atoms with van der Waals surface area (Å²) in [5, 5.41) is 2.29. The Morgan fingerprint density at radius 2 is 1.03 bits per heavy atom. The number of para-hydroxylation sites is 3. The summed E-state index contributed by atoms with van der Waals surface area (Å²) in [5.74, 6) is 0. The minimum Gasteiger partial charge on any atom is -0.455 e. The van der Waals surface area contributed by atoms with Gasteiger partial charge in [-0.3, -0.25) is 0 Å². The number of benzene rings is 8. The van der Waals surface area contributed by atoms with Crippen molar-refractivity contribution >= 4 is 50.4 Å². The molecular weight excluding hydrogens is 717 g/mol. The summed E-state index contributed by atoms with van der Waals surface area (Å²) in [4.78, 5) is 4.65. The summed E-state index contributed by atoms with van der Waals surface area (Å²) in [7, 11) is 2.18. The Kier molecular flexibility index (Phi) is 9.27. The van der Waals surface area contributed by atoms with Crippen LogP contribution in [-0.4, -0.2) is 7.05 Å². The van der Waals surface area contributed by atoms with Gasteiger partial charge in [-0.2, -0.15) is 0 Å². The van der Waals surface area contributed by atoms with E-state index in [1.165, 1.54) is 33.5 Å². The second-order valence-electron chi connectivity index (χ2n) is 15.7. The Balaban J connectivity index is 0.973. The van der Waals surface area contributed by atoms with Gasteiger partial charge in [0.15, 0.2) is 0 Å². The Bertz CT molecular complexity index is 2960. The van der Waals surface area contributed by atoms with Crippen LogP contribution >= 0.6 is 0 Å². The molecule has 0 bridgehead atoms. The van der Waals surface area contributed by atoms with Crippen molar-refractivity contribution in [2.45, 2.75) is 18.8 Å². The zero-order valence-electron chi connectivity index (χ0n) is 33.3. The molecule has 59 heavy (non-hydrogen) atoms. The van der Waals surface area contributed by atoms with Crippen LogP contribution in [0.25, 0.3) is 55.3 Å². The average Bonchev–Trinajstić information content (AvgIpc) is 3.69. The molecule has 1 atom stereocenters. The van der Waals surface area contributed by atoms with Gasteiger partial charge in [0.2, 0.25) is 0 Å². The second kappa shape index (κ2) is 15.2. The Labute approximate surface area is 346 Å². The number of hydrogen-bond donors (Lipinski definition) is 0. The molecule has 0 radical (unpaired) electrons. The van der Waals surface area contributed by atoms with Gasteiger partial charge in [0, 0.05) is 57.2 Å². The number of furan rings is 1. The molecule has 0 N–H and O–H groups in total. The third kappa shape index (κ3) is 6.81. The fourth-order valence-electron chi connectivity index (χ4n) is 8.63. The number of nitrogens with zero attached hydrogens (tertiary/aromatic N) is 2. The predicted octanol–water partition coefficient (Wildman–Crippen LogP) is 15.6. The smallest absolute Gasteiger partial charge is 0.143 e. The van der Waals surface area contributed by atoms with Crippen LogP contribution in [0.2, 0.25) is 0 Å². The van der Waals surface area contributed by atoms with Crippen LogP contribution in [0, 0.1) is 0 Å². The van der Waals surface area contributed by atoms with Gasteiger partial charge in [-0.15, -0.1) is 0 Å². The first kappa shape index (κ1) is 36.0. The number of anilines is 5. The molecule has 1 aliphatic carbocycles. The summed E-state index contributed by atoms with van der Waals surface area (Å²) in [6, 6.07) is 69.5. The van der Waals surface area contributed by atoms with Gasteiger partial charge in [-0.05, 0) is 107 Å². The van der Waals surface area contributed by atoms with Crippen molar-refractivity contribution in [2.24, 2.45) is 0 Å². The first-order valence-corrected chi connectivity index (χ1v) is 20.4. The van der Waals surface area contributed by atoms with Crippen molar-refractivity contribution in [3.8, 4) is 33.4 Å². The van der Waals surface area contributed by atoms with Crippen LogP contribution in [0.4, 0.5) is 28.4 Å². The Hall–Kier alpha value is -7.36. The molecule has 10 rings (SSSR count). The van der Waals surface area contributed by atoms with Crippen LogP contribution in [0.5, 0.6) is 0 Å². The van der Waals surface area contributed by atoms with E-state index in [0.29, 0.717) is 0 Å². The summed E-state index contributed by atoms with van der Waals surface area (Å²) in [6.07, 6.45) is 9.91. The SMILES string of the molecule is CN(c1ccc(-c2cccc3c2oc2ccccc23)cc1)c1ccc(-c2ccc(N(c3ccccc3)c3ccc(-c4ccccc4)cc3)cc2)cc1C1(C)C=CC=CC1. The highest BCUT2D eigenvalue weighted by Gasteiger charge is 2.29. The van der Waals surface area contributed by atoms with Gasteiger partial charge in [-0.1, -0.05) is 159 Å². The maximum atomic E-state index is 6.38. The molecule has 1 aromatic heterocycles. The average molecular weight is 761 g/mol. The van der Waals surface area contributed by atoms with Crippen LogP contribution < -0.4 is 9.80 Å². The minimum absolute atomic E-state index is 0.165. The first-order valence-electron chi connectivity index (χ1n) is 20.4. The second-order valence-corrected chi connectivity index (χ2v) is 15.7. The fraction of sp³-hybridized carbons (Fsp3) is 0.0714. The van der Waals surface area contributed by atoms with Crippen molar-refractivity contribution in [3.63, 3.8) is 0 Å². The summed E-state index contributed by atoms with van der Waals surface area (Å²) in [6.45, 7) is 2.35. The third-order valence-corrected chi connectivity index (χ3v) is 11.9. The van der Waals surface area contributed by atoms with E-state index in [2.05, 4.69) is 230 Å². The van der Waals surface area contributed by atoms with Crippen molar-refractivity contribution < 1.29 is 4.42 Å². The molecular formula is C56H44N2O. The lowest BCUT2D eigenvalue weighted by atomic mass is 9.75. The van der Waals surface area contributed by atoms with Crippen LogP contribution in [0.3, 0.4) is 0 Å². The molecule has 9 aromatic rings. The number of fused-ring (bicyclic) bond motifs is 3. The van der Waals surface area contributed by atoms with E-state index in [1.54, 1.807) is 0 Å². The highest BCUT2D eigenvalue weighted by atomic mass is 16.3. The standard InChI is InChI=1S/C56H44N2O/c1-56(37-12-5-13-38-56)52-39-44(29-36-53(52)57(2)45-30-27-43(28-31-45)49-20-14-21-51-50-19-10-11-22-54(50)59-55(49)51)42-25-34-48(35-26-42)58(46-17-8-4-9-18-46)47-32-23-41(24-33-47)40-15-6-3-7-16-40/h3-37,39H,38H2,1-2H3. The lowest BCUT2D eigenvalue weighted by Gasteiger charge is -2.33. The van der Waals surface area contributed by atoms with Gasteiger partial charge < -0.3 is 14.2 Å².